The Labute approximate surface area is 151 Å². The highest BCUT2D eigenvalue weighted by Gasteiger charge is 2.09. The van der Waals surface area contributed by atoms with Gasteiger partial charge in [-0.15, -0.1) is 0 Å². The van der Waals surface area contributed by atoms with Gasteiger partial charge in [0, 0.05) is 11.1 Å². The molecule has 130 valence electrons. The van der Waals surface area contributed by atoms with Crippen molar-refractivity contribution >= 4 is 12.4 Å². The van der Waals surface area contributed by atoms with E-state index < -0.39 is 0 Å². The first kappa shape index (κ1) is 18.6. The molecule has 6 nitrogen and oxygen atoms in total. The molecule has 0 saturated carbocycles. The van der Waals surface area contributed by atoms with Crippen molar-refractivity contribution in [3.8, 4) is 29.4 Å². The first-order valence-corrected chi connectivity index (χ1v) is 7.60. The number of nitrogens with zero attached hydrogens (tertiary/aromatic N) is 2. The Balaban J connectivity index is 2.26. The Morgan fingerprint density at radius 1 is 0.962 bits per heavy atom. The lowest BCUT2D eigenvalue weighted by molar-refractivity contribution is 0.112. The molecule has 0 unspecified atom stereocenters. The number of carbonyl (C=O) groups is 1. The second-order valence-electron chi connectivity index (χ2n) is 5.17. The molecule has 0 bridgehead atoms. The third kappa shape index (κ3) is 4.40. The van der Waals surface area contributed by atoms with Crippen LogP contribution < -0.4 is 14.2 Å². The highest BCUT2D eigenvalue weighted by Crippen LogP contribution is 2.30. The van der Waals surface area contributed by atoms with Crippen molar-refractivity contribution < 1.29 is 19.0 Å². The SMILES string of the molecule is COc1ccc(C=O)cc1COc1ccc(C=C(C#N)C#N)cc1OC. The molecule has 0 aliphatic rings. The lowest BCUT2D eigenvalue weighted by Gasteiger charge is -2.13. The maximum Gasteiger partial charge on any atom is 0.161 e. The topological polar surface area (TPSA) is 92.3 Å². The number of carbonyl (C=O) groups excluding carboxylic acids is 1. The van der Waals surface area contributed by atoms with Gasteiger partial charge in [0.25, 0.3) is 0 Å². The largest absolute Gasteiger partial charge is 0.496 e. The zero-order valence-corrected chi connectivity index (χ0v) is 14.4. The zero-order chi connectivity index (χ0) is 18.9. The maximum absolute atomic E-state index is 11.0. The fraction of sp³-hybridized carbons (Fsp3) is 0.150. The van der Waals surface area contributed by atoms with Gasteiger partial charge in [0.05, 0.1) is 14.2 Å². The Morgan fingerprint density at radius 2 is 1.62 bits per heavy atom. The second kappa shape index (κ2) is 8.91. The van der Waals surface area contributed by atoms with Gasteiger partial charge >= 0.3 is 0 Å². The third-order valence-electron chi connectivity index (χ3n) is 3.56. The molecule has 0 heterocycles. The van der Waals surface area contributed by atoms with Crippen LogP contribution in [0.15, 0.2) is 42.0 Å². The summed E-state index contributed by atoms with van der Waals surface area (Å²) in [6.07, 6.45) is 2.22. The van der Waals surface area contributed by atoms with Crippen LogP contribution >= 0.6 is 0 Å². The van der Waals surface area contributed by atoms with E-state index in [1.807, 2.05) is 12.1 Å². The van der Waals surface area contributed by atoms with Gasteiger partial charge in [0.1, 0.15) is 36.4 Å². The number of allylic oxidation sites excluding steroid dienone is 1. The van der Waals surface area contributed by atoms with E-state index in [0.717, 1.165) is 11.8 Å². The predicted octanol–water partition coefficient (Wildman–Crippen LogP) is 3.53. The van der Waals surface area contributed by atoms with Crippen LogP contribution in [-0.2, 0) is 6.61 Å². The summed E-state index contributed by atoms with van der Waals surface area (Å²) in [6.45, 7) is 0.179. The smallest absolute Gasteiger partial charge is 0.161 e. The molecular formula is C20H16N2O4. The fourth-order valence-electron chi connectivity index (χ4n) is 2.29. The summed E-state index contributed by atoms with van der Waals surface area (Å²) >= 11 is 0. The van der Waals surface area contributed by atoms with E-state index in [-0.39, 0.29) is 12.2 Å². The van der Waals surface area contributed by atoms with Crippen molar-refractivity contribution in [1.82, 2.24) is 0 Å². The van der Waals surface area contributed by atoms with Crippen LogP contribution in [0.2, 0.25) is 0 Å². The predicted molar refractivity (Wildman–Crippen MR) is 94.9 cm³/mol. The van der Waals surface area contributed by atoms with E-state index in [0.29, 0.717) is 28.4 Å². The van der Waals surface area contributed by atoms with Crippen molar-refractivity contribution in [1.29, 1.82) is 10.5 Å². The van der Waals surface area contributed by atoms with Gasteiger partial charge in [-0.3, -0.25) is 4.79 Å². The number of rotatable bonds is 7. The molecule has 0 saturated heterocycles. The van der Waals surface area contributed by atoms with Gasteiger partial charge in [-0.25, -0.2) is 0 Å². The van der Waals surface area contributed by atoms with Crippen LogP contribution in [0.1, 0.15) is 21.5 Å². The molecule has 0 amide bonds. The first-order chi connectivity index (χ1) is 12.6. The van der Waals surface area contributed by atoms with E-state index in [4.69, 9.17) is 24.7 Å². The van der Waals surface area contributed by atoms with E-state index in [9.17, 15) is 4.79 Å². The van der Waals surface area contributed by atoms with Gasteiger partial charge in [-0.2, -0.15) is 10.5 Å². The Kier molecular flexibility index (Phi) is 6.36. The van der Waals surface area contributed by atoms with Gasteiger partial charge in [-0.05, 0) is 42.0 Å². The zero-order valence-electron chi connectivity index (χ0n) is 14.4. The average molecular weight is 348 g/mol. The van der Waals surface area contributed by atoms with Crippen LogP contribution in [0, 0.1) is 22.7 Å². The van der Waals surface area contributed by atoms with Crippen molar-refractivity contribution in [2.24, 2.45) is 0 Å². The highest BCUT2D eigenvalue weighted by molar-refractivity contribution is 5.75. The van der Waals surface area contributed by atoms with Crippen LogP contribution in [0.3, 0.4) is 0 Å². The van der Waals surface area contributed by atoms with Crippen molar-refractivity contribution in [3.05, 3.63) is 58.7 Å². The number of nitriles is 2. The van der Waals surface area contributed by atoms with Crippen LogP contribution in [0.25, 0.3) is 6.08 Å². The maximum atomic E-state index is 11.0. The van der Waals surface area contributed by atoms with Crippen molar-refractivity contribution in [3.63, 3.8) is 0 Å². The number of aldehydes is 1. The molecule has 0 aromatic heterocycles. The quantitative estimate of drug-likeness (QED) is 0.561. The van der Waals surface area contributed by atoms with Crippen molar-refractivity contribution in [2.45, 2.75) is 6.61 Å². The fourth-order valence-corrected chi connectivity index (χ4v) is 2.29. The minimum atomic E-state index is -0.00358. The van der Waals surface area contributed by atoms with E-state index in [2.05, 4.69) is 0 Å². The van der Waals surface area contributed by atoms with E-state index in [1.54, 1.807) is 43.5 Å². The number of benzene rings is 2. The molecule has 0 aliphatic carbocycles. The van der Waals surface area contributed by atoms with Gasteiger partial charge in [-0.1, -0.05) is 6.07 Å². The lowest BCUT2D eigenvalue weighted by Crippen LogP contribution is -2.01. The molecule has 0 spiro atoms. The molecule has 0 radical (unpaired) electrons. The second-order valence-corrected chi connectivity index (χ2v) is 5.17. The molecular weight excluding hydrogens is 332 g/mol. The summed E-state index contributed by atoms with van der Waals surface area (Å²) in [4.78, 5) is 11.0. The normalized spacial score (nSPS) is 9.38. The Bertz CT molecular complexity index is 904. The molecule has 6 heteroatoms. The molecule has 2 aromatic carbocycles. The summed E-state index contributed by atoms with van der Waals surface area (Å²) in [5, 5.41) is 17.7. The minimum absolute atomic E-state index is 0.00358. The van der Waals surface area contributed by atoms with E-state index in [1.165, 1.54) is 13.2 Å². The summed E-state index contributed by atoms with van der Waals surface area (Å²) < 4.78 is 16.4. The van der Waals surface area contributed by atoms with Gasteiger partial charge < -0.3 is 14.2 Å². The number of ether oxygens (including phenoxy) is 3. The highest BCUT2D eigenvalue weighted by atomic mass is 16.5. The summed E-state index contributed by atoms with van der Waals surface area (Å²) in [5.74, 6) is 1.56. The molecule has 2 rings (SSSR count). The first-order valence-electron chi connectivity index (χ1n) is 7.60. The average Bonchev–Trinajstić information content (AvgIpc) is 2.70. The minimum Gasteiger partial charge on any atom is -0.496 e. The molecule has 0 aliphatic heterocycles. The van der Waals surface area contributed by atoms with Crippen LogP contribution in [0.4, 0.5) is 0 Å². The van der Waals surface area contributed by atoms with Crippen molar-refractivity contribution in [2.75, 3.05) is 14.2 Å². The van der Waals surface area contributed by atoms with Crippen LogP contribution in [0.5, 0.6) is 17.2 Å². The number of methoxy groups -OCH3 is 2. The summed E-state index contributed by atoms with van der Waals surface area (Å²) in [5.41, 5.74) is 1.89. The van der Waals surface area contributed by atoms with Gasteiger partial charge in [0.15, 0.2) is 11.5 Å². The molecule has 26 heavy (non-hydrogen) atoms. The standard InChI is InChI=1S/C20H16N2O4/c1-24-18-5-4-15(12-23)8-17(18)13-26-19-6-3-14(9-20(19)25-2)7-16(10-21)11-22/h3-9,12H,13H2,1-2H3. The molecule has 0 fully saturated rings. The monoisotopic (exact) mass is 348 g/mol. The summed E-state index contributed by atoms with van der Waals surface area (Å²) in [7, 11) is 3.04. The number of hydrogen-bond donors (Lipinski definition) is 0. The van der Waals surface area contributed by atoms with E-state index >= 15 is 0 Å². The Morgan fingerprint density at radius 3 is 2.23 bits per heavy atom. The molecule has 0 N–H and O–H groups in total. The summed E-state index contributed by atoms with van der Waals surface area (Å²) in [6, 6.07) is 13.8. The third-order valence-corrected chi connectivity index (χ3v) is 3.56. The molecule has 2 aromatic rings. The Hall–Kier alpha value is -3.77. The van der Waals surface area contributed by atoms with Crippen LogP contribution in [-0.4, -0.2) is 20.5 Å². The molecule has 0 atom stereocenters. The number of hydrogen-bond acceptors (Lipinski definition) is 6. The lowest BCUT2D eigenvalue weighted by atomic mass is 10.1. The van der Waals surface area contributed by atoms with Gasteiger partial charge in [0.2, 0.25) is 0 Å².